The Morgan fingerprint density at radius 3 is 1.38 bits per heavy atom. The maximum atomic E-state index is 11.7. The molecule has 0 aliphatic carbocycles. The summed E-state index contributed by atoms with van der Waals surface area (Å²) in [6, 6.07) is 0. The molecule has 0 atom stereocenters. The highest BCUT2D eigenvalue weighted by molar-refractivity contribution is 6.01. The average molecular weight is 410 g/mol. The number of carbonyl (C=O) groups is 3. The van der Waals surface area contributed by atoms with Gasteiger partial charge in [0.25, 0.3) is 11.8 Å². The van der Waals surface area contributed by atoms with Crippen LogP contribution in [0.4, 0.5) is 0 Å². The molecule has 1 aliphatic heterocycles. The zero-order valence-electron chi connectivity index (χ0n) is 18.7. The van der Waals surface area contributed by atoms with E-state index >= 15 is 0 Å². The van der Waals surface area contributed by atoms with Gasteiger partial charge < -0.3 is 4.84 Å². The third kappa shape index (κ3) is 13.5. The van der Waals surface area contributed by atoms with Gasteiger partial charge in [0.05, 0.1) is 0 Å². The van der Waals surface area contributed by atoms with E-state index in [4.69, 9.17) is 4.84 Å². The second-order valence-corrected chi connectivity index (χ2v) is 8.45. The van der Waals surface area contributed by atoms with Crippen molar-refractivity contribution in [2.75, 3.05) is 0 Å². The van der Waals surface area contributed by atoms with E-state index in [2.05, 4.69) is 6.92 Å². The lowest BCUT2D eigenvalue weighted by atomic mass is 10.0. The van der Waals surface area contributed by atoms with Crippen LogP contribution in [0.3, 0.4) is 0 Å². The molecule has 5 heteroatoms. The zero-order valence-corrected chi connectivity index (χ0v) is 18.7. The first kappa shape index (κ1) is 25.6. The third-order valence-corrected chi connectivity index (χ3v) is 5.68. The van der Waals surface area contributed by atoms with E-state index < -0.39 is 17.8 Å². The molecule has 0 saturated carbocycles. The predicted molar refractivity (Wildman–Crippen MR) is 116 cm³/mol. The maximum absolute atomic E-state index is 11.7. The molecular weight excluding hydrogens is 366 g/mol. The first-order valence-corrected chi connectivity index (χ1v) is 12.2. The summed E-state index contributed by atoms with van der Waals surface area (Å²) in [6.45, 7) is 2.27. The summed E-state index contributed by atoms with van der Waals surface area (Å²) < 4.78 is 0. The van der Waals surface area contributed by atoms with Gasteiger partial charge in [0.1, 0.15) is 0 Å². The van der Waals surface area contributed by atoms with Gasteiger partial charge >= 0.3 is 5.97 Å². The van der Waals surface area contributed by atoms with Crippen LogP contribution < -0.4 is 0 Å². The maximum Gasteiger partial charge on any atom is 0.333 e. The first-order chi connectivity index (χ1) is 14.1. The van der Waals surface area contributed by atoms with E-state index in [0.29, 0.717) is 5.06 Å². The van der Waals surface area contributed by atoms with Crippen molar-refractivity contribution < 1.29 is 19.2 Å². The number of imide groups is 1. The monoisotopic (exact) mass is 409 g/mol. The highest BCUT2D eigenvalue weighted by atomic mass is 16.7. The van der Waals surface area contributed by atoms with Crippen molar-refractivity contribution in [2.24, 2.45) is 0 Å². The minimum absolute atomic E-state index is 0.144. The molecular formula is C24H43NO4. The molecule has 0 aromatic rings. The van der Waals surface area contributed by atoms with Crippen molar-refractivity contribution in [1.29, 1.82) is 0 Å². The molecule has 29 heavy (non-hydrogen) atoms. The fraction of sp³-hybridized carbons (Fsp3) is 0.875. The topological polar surface area (TPSA) is 63.7 Å². The molecule has 0 N–H and O–H groups in total. The Morgan fingerprint density at radius 2 is 1.00 bits per heavy atom. The summed E-state index contributed by atoms with van der Waals surface area (Å²) in [5, 5.41) is 0.635. The SMILES string of the molecule is CCCCCCCCCCCCCCCCCCCC(=O)ON1C(=O)CCC1=O. The number of amides is 2. The highest BCUT2D eigenvalue weighted by Gasteiger charge is 2.32. The second-order valence-electron chi connectivity index (χ2n) is 8.45. The van der Waals surface area contributed by atoms with E-state index in [0.717, 1.165) is 19.3 Å². The van der Waals surface area contributed by atoms with Crippen molar-refractivity contribution in [1.82, 2.24) is 5.06 Å². The van der Waals surface area contributed by atoms with Crippen molar-refractivity contribution in [3.63, 3.8) is 0 Å². The lowest BCUT2D eigenvalue weighted by Crippen LogP contribution is -2.31. The Hall–Kier alpha value is -1.39. The lowest BCUT2D eigenvalue weighted by Gasteiger charge is -2.12. The Morgan fingerprint density at radius 1 is 0.655 bits per heavy atom. The minimum Gasteiger partial charge on any atom is -0.330 e. The zero-order chi connectivity index (χ0) is 21.2. The Labute approximate surface area is 177 Å². The molecule has 0 unspecified atom stereocenters. The molecule has 5 nitrogen and oxygen atoms in total. The number of rotatable bonds is 19. The summed E-state index contributed by atoms with van der Waals surface area (Å²) >= 11 is 0. The molecule has 0 aromatic carbocycles. The van der Waals surface area contributed by atoms with E-state index in [1.807, 2.05) is 0 Å². The van der Waals surface area contributed by atoms with Gasteiger partial charge in [-0.1, -0.05) is 110 Å². The number of carbonyl (C=O) groups excluding carboxylic acids is 3. The minimum atomic E-state index is -0.477. The quantitative estimate of drug-likeness (QED) is 0.177. The van der Waals surface area contributed by atoms with Crippen LogP contribution >= 0.6 is 0 Å². The van der Waals surface area contributed by atoms with Crippen molar-refractivity contribution in [2.45, 2.75) is 135 Å². The van der Waals surface area contributed by atoms with Gasteiger partial charge in [-0.05, 0) is 6.42 Å². The predicted octanol–water partition coefficient (Wildman–Crippen LogP) is 6.64. The fourth-order valence-corrected chi connectivity index (χ4v) is 3.80. The van der Waals surface area contributed by atoms with Gasteiger partial charge in [0.15, 0.2) is 0 Å². The van der Waals surface area contributed by atoms with Crippen LogP contribution in [0.5, 0.6) is 0 Å². The smallest absolute Gasteiger partial charge is 0.330 e. The Balaban J connectivity index is 1.77. The summed E-state index contributed by atoms with van der Waals surface area (Å²) in [5.41, 5.74) is 0. The summed E-state index contributed by atoms with van der Waals surface area (Å²) in [7, 11) is 0. The highest BCUT2D eigenvalue weighted by Crippen LogP contribution is 2.16. The molecule has 0 aromatic heterocycles. The molecule has 168 valence electrons. The molecule has 1 fully saturated rings. The molecule has 1 heterocycles. The van der Waals surface area contributed by atoms with Crippen molar-refractivity contribution in [3.8, 4) is 0 Å². The average Bonchev–Trinajstić information content (AvgIpc) is 3.02. The Kier molecular flexibility index (Phi) is 15.4. The van der Waals surface area contributed by atoms with Crippen LogP contribution in [-0.2, 0) is 19.2 Å². The third-order valence-electron chi connectivity index (χ3n) is 5.68. The van der Waals surface area contributed by atoms with Gasteiger partial charge in [0.2, 0.25) is 0 Å². The van der Waals surface area contributed by atoms with Gasteiger partial charge in [-0.3, -0.25) is 9.59 Å². The number of hydrogen-bond donors (Lipinski definition) is 0. The van der Waals surface area contributed by atoms with Crippen LogP contribution in [0.1, 0.15) is 135 Å². The second kappa shape index (κ2) is 17.5. The summed E-state index contributed by atoms with van der Waals surface area (Å²) in [5.74, 6) is -1.30. The molecule has 1 saturated heterocycles. The van der Waals surface area contributed by atoms with Gasteiger partial charge in [-0.25, -0.2) is 4.79 Å². The van der Waals surface area contributed by atoms with Crippen molar-refractivity contribution >= 4 is 17.8 Å². The summed E-state index contributed by atoms with van der Waals surface area (Å²) in [4.78, 5) is 39.3. The van der Waals surface area contributed by atoms with Crippen LogP contribution in [0.15, 0.2) is 0 Å². The van der Waals surface area contributed by atoms with E-state index in [1.165, 1.54) is 89.9 Å². The van der Waals surface area contributed by atoms with Crippen LogP contribution in [-0.4, -0.2) is 22.8 Å². The molecule has 1 rings (SSSR count). The van der Waals surface area contributed by atoms with Crippen molar-refractivity contribution in [3.05, 3.63) is 0 Å². The number of hydrogen-bond acceptors (Lipinski definition) is 4. The van der Waals surface area contributed by atoms with Gasteiger partial charge in [-0.2, -0.15) is 0 Å². The van der Waals surface area contributed by atoms with E-state index in [1.54, 1.807) is 0 Å². The Bertz CT molecular complexity index is 448. The molecule has 0 radical (unpaired) electrons. The van der Waals surface area contributed by atoms with Crippen LogP contribution in [0.2, 0.25) is 0 Å². The lowest BCUT2D eigenvalue weighted by molar-refractivity contribution is -0.197. The van der Waals surface area contributed by atoms with Crippen LogP contribution in [0.25, 0.3) is 0 Å². The normalized spacial score (nSPS) is 14.0. The first-order valence-electron chi connectivity index (χ1n) is 12.2. The van der Waals surface area contributed by atoms with E-state index in [9.17, 15) is 14.4 Å². The largest absolute Gasteiger partial charge is 0.333 e. The molecule has 2 amide bonds. The summed E-state index contributed by atoms with van der Waals surface area (Å²) in [6.07, 6.45) is 22.6. The molecule has 0 spiro atoms. The number of nitrogens with zero attached hydrogens (tertiary/aromatic N) is 1. The number of hydroxylamine groups is 2. The fourth-order valence-electron chi connectivity index (χ4n) is 3.80. The van der Waals surface area contributed by atoms with Gasteiger partial charge in [-0.15, -0.1) is 5.06 Å². The van der Waals surface area contributed by atoms with Gasteiger partial charge in [0, 0.05) is 19.3 Å². The number of unbranched alkanes of at least 4 members (excludes halogenated alkanes) is 16. The van der Waals surface area contributed by atoms with E-state index in [-0.39, 0.29) is 19.3 Å². The standard InChI is InChI=1S/C24H43NO4/c1-2-3-4-5-6-7-8-9-10-11-12-13-14-15-16-17-18-19-24(28)29-25-22(26)20-21-23(25)27/h2-21H2,1H3. The molecule has 0 bridgehead atoms. The molecule has 1 aliphatic rings. The van der Waals surface area contributed by atoms with Crippen LogP contribution in [0, 0.1) is 0 Å².